The highest BCUT2D eigenvalue weighted by molar-refractivity contribution is 6.33. The third-order valence-corrected chi connectivity index (χ3v) is 7.52. The predicted octanol–water partition coefficient (Wildman–Crippen LogP) is 4.32. The fourth-order valence-electron chi connectivity index (χ4n) is 4.78. The van der Waals surface area contributed by atoms with Gasteiger partial charge in [-0.3, -0.25) is 9.59 Å². The molecule has 3 aromatic rings. The normalized spacial score (nSPS) is 13.8. The van der Waals surface area contributed by atoms with Gasteiger partial charge in [-0.05, 0) is 49.8 Å². The number of nitrogens with zero attached hydrogens (tertiary/aromatic N) is 6. The number of aromatic nitrogens is 2. The van der Waals surface area contributed by atoms with Gasteiger partial charge in [0.05, 0.1) is 10.7 Å². The highest BCUT2D eigenvalue weighted by atomic mass is 35.5. The second-order valence-corrected chi connectivity index (χ2v) is 10.0. The van der Waals surface area contributed by atoms with Crippen LogP contribution >= 0.6 is 11.6 Å². The van der Waals surface area contributed by atoms with E-state index in [4.69, 9.17) is 11.6 Å². The molecule has 2 amide bonds. The Kier molecular flexibility index (Phi) is 10.3. The minimum Gasteiger partial charge on any atom is -0.353 e. The third kappa shape index (κ3) is 7.55. The molecule has 0 bridgehead atoms. The molecular formula is C30H37ClN6O2. The van der Waals surface area contributed by atoms with Crippen molar-refractivity contribution < 1.29 is 9.59 Å². The Hall–Kier alpha value is -3.49. The Morgan fingerprint density at radius 3 is 2.28 bits per heavy atom. The Labute approximate surface area is 236 Å². The van der Waals surface area contributed by atoms with Crippen molar-refractivity contribution in [2.24, 2.45) is 0 Å². The van der Waals surface area contributed by atoms with Crippen molar-refractivity contribution in [2.75, 3.05) is 63.8 Å². The summed E-state index contributed by atoms with van der Waals surface area (Å²) >= 11 is 6.31. The average Bonchev–Trinajstić information content (AvgIpc) is 3.24. The van der Waals surface area contributed by atoms with Gasteiger partial charge in [-0.15, -0.1) is 10.2 Å². The molecule has 1 saturated heterocycles. The van der Waals surface area contributed by atoms with Gasteiger partial charge in [-0.1, -0.05) is 61.8 Å². The van der Waals surface area contributed by atoms with Gasteiger partial charge in [0.15, 0.2) is 5.82 Å². The first-order chi connectivity index (χ1) is 19.0. The molecule has 8 nitrogen and oxygen atoms in total. The Morgan fingerprint density at radius 1 is 0.846 bits per heavy atom. The molecule has 206 valence electrons. The van der Waals surface area contributed by atoms with Gasteiger partial charge in [0.25, 0.3) is 5.91 Å². The van der Waals surface area contributed by atoms with Crippen LogP contribution in [0.2, 0.25) is 5.02 Å². The van der Waals surface area contributed by atoms with E-state index >= 15 is 0 Å². The summed E-state index contributed by atoms with van der Waals surface area (Å²) in [6.45, 7) is 9.97. The van der Waals surface area contributed by atoms with E-state index in [-0.39, 0.29) is 18.4 Å². The summed E-state index contributed by atoms with van der Waals surface area (Å²) in [5.74, 6) is 0.641. The molecule has 1 aliphatic rings. The summed E-state index contributed by atoms with van der Waals surface area (Å²) < 4.78 is 0. The van der Waals surface area contributed by atoms with Crippen molar-refractivity contribution in [3.63, 3.8) is 0 Å². The molecule has 9 heteroatoms. The third-order valence-electron chi connectivity index (χ3n) is 7.19. The summed E-state index contributed by atoms with van der Waals surface area (Å²) in [6.07, 6.45) is 0.811. The maximum absolute atomic E-state index is 13.4. The van der Waals surface area contributed by atoms with Crippen molar-refractivity contribution in [3.05, 3.63) is 77.3 Å². The van der Waals surface area contributed by atoms with E-state index < -0.39 is 0 Å². The van der Waals surface area contributed by atoms with Gasteiger partial charge >= 0.3 is 0 Å². The molecular weight excluding hydrogens is 512 g/mol. The minimum atomic E-state index is -0.110. The van der Waals surface area contributed by atoms with Crippen LogP contribution in [0, 0.1) is 0 Å². The molecule has 39 heavy (non-hydrogen) atoms. The van der Waals surface area contributed by atoms with Crippen LogP contribution < -0.4 is 4.90 Å². The molecule has 0 radical (unpaired) electrons. The molecule has 0 aliphatic carbocycles. The molecule has 0 atom stereocenters. The fourth-order valence-corrected chi connectivity index (χ4v) is 5.02. The number of hydrogen-bond acceptors (Lipinski definition) is 6. The van der Waals surface area contributed by atoms with Crippen molar-refractivity contribution in [3.8, 4) is 11.3 Å². The quantitative estimate of drug-likeness (QED) is 0.376. The summed E-state index contributed by atoms with van der Waals surface area (Å²) in [7, 11) is 0. The molecule has 0 N–H and O–H groups in total. The number of rotatable bonds is 10. The fraction of sp³-hybridized carbons (Fsp3) is 0.400. The number of carbonyl (C=O) groups excluding carboxylic acids is 2. The lowest BCUT2D eigenvalue weighted by molar-refractivity contribution is -0.131. The summed E-state index contributed by atoms with van der Waals surface area (Å²) in [5.41, 5.74) is 2.18. The maximum Gasteiger partial charge on any atom is 0.254 e. The smallest absolute Gasteiger partial charge is 0.254 e. The van der Waals surface area contributed by atoms with Crippen LogP contribution in [0.4, 0.5) is 5.82 Å². The minimum absolute atomic E-state index is 0.0270. The van der Waals surface area contributed by atoms with Crippen molar-refractivity contribution in [1.29, 1.82) is 0 Å². The van der Waals surface area contributed by atoms with Gasteiger partial charge in [-0.25, -0.2) is 0 Å². The molecule has 2 heterocycles. The Morgan fingerprint density at radius 2 is 1.59 bits per heavy atom. The Bertz CT molecular complexity index is 1220. The lowest BCUT2D eigenvalue weighted by Gasteiger charge is -2.29. The lowest BCUT2D eigenvalue weighted by Crippen LogP contribution is -2.46. The zero-order valence-corrected chi connectivity index (χ0v) is 23.6. The largest absolute Gasteiger partial charge is 0.353 e. The molecule has 0 spiro atoms. The molecule has 2 aromatic carbocycles. The molecule has 4 rings (SSSR count). The monoisotopic (exact) mass is 548 g/mol. The van der Waals surface area contributed by atoms with Crippen LogP contribution in [0.3, 0.4) is 0 Å². The standard InChI is InChI=1S/C30H37ClN6O2/c1-3-34(4-2)19-20-37(30(39)24-11-6-5-7-12-24)23-29(38)36-18-10-17-35(21-22-36)28-16-15-27(32-33-28)25-13-8-9-14-26(25)31/h5-9,11-16H,3-4,10,17-23H2,1-2H3. The van der Waals surface area contributed by atoms with Crippen LogP contribution in [0.15, 0.2) is 66.7 Å². The van der Waals surface area contributed by atoms with Crippen molar-refractivity contribution >= 4 is 29.2 Å². The number of halogens is 1. The zero-order chi connectivity index (χ0) is 27.6. The van der Waals surface area contributed by atoms with E-state index in [9.17, 15) is 9.59 Å². The highest BCUT2D eigenvalue weighted by Crippen LogP contribution is 2.26. The molecule has 1 aromatic heterocycles. The molecule has 0 unspecified atom stereocenters. The van der Waals surface area contributed by atoms with Crippen LogP contribution in [-0.4, -0.2) is 95.6 Å². The van der Waals surface area contributed by atoms with Crippen LogP contribution in [0.5, 0.6) is 0 Å². The Balaban J connectivity index is 1.39. The van der Waals surface area contributed by atoms with E-state index in [1.54, 1.807) is 17.0 Å². The van der Waals surface area contributed by atoms with E-state index in [1.165, 1.54) is 0 Å². The summed E-state index contributed by atoms with van der Waals surface area (Å²) in [6, 6.07) is 20.7. The first-order valence-corrected chi connectivity index (χ1v) is 14.1. The highest BCUT2D eigenvalue weighted by Gasteiger charge is 2.25. The number of amides is 2. The van der Waals surface area contributed by atoms with Gasteiger partial charge < -0.3 is 19.6 Å². The maximum atomic E-state index is 13.4. The molecule has 0 saturated carbocycles. The number of benzene rings is 2. The zero-order valence-electron chi connectivity index (χ0n) is 22.8. The van der Waals surface area contributed by atoms with Gasteiger partial charge in [-0.2, -0.15) is 0 Å². The van der Waals surface area contributed by atoms with Crippen LogP contribution in [0.25, 0.3) is 11.3 Å². The van der Waals surface area contributed by atoms with E-state index in [2.05, 4.69) is 33.8 Å². The number of hydrogen-bond donors (Lipinski definition) is 0. The van der Waals surface area contributed by atoms with E-state index in [1.807, 2.05) is 59.5 Å². The lowest BCUT2D eigenvalue weighted by atomic mass is 10.1. The second-order valence-electron chi connectivity index (χ2n) is 9.60. The second kappa shape index (κ2) is 14.1. The molecule has 1 aliphatic heterocycles. The molecule has 1 fully saturated rings. The van der Waals surface area contributed by atoms with E-state index in [0.29, 0.717) is 36.8 Å². The van der Waals surface area contributed by atoms with Crippen LogP contribution in [-0.2, 0) is 4.79 Å². The number of anilines is 1. The van der Waals surface area contributed by atoms with Crippen LogP contribution in [0.1, 0.15) is 30.6 Å². The predicted molar refractivity (Wildman–Crippen MR) is 156 cm³/mol. The first-order valence-electron chi connectivity index (χ1n) is 13.7. The SMILES string of the molecule is CCN(CC)CCN(CC(=O)N1CCCN(c2ccc(-c3ccccc3Cl)nn2)CC1)C(=O)c1ccccc1. The van der Waals surface area contributed by atoms with Gasteiger partial charge in [0.2, 0.25) is 5.91 Å². The van der Waals surface area contributed by atoms with Crippen molar-refractivity contribution in [2.45, 2.75) is 20.3 Å². The van der Waals surface area contributed by atoms with Crippen molar-refractivity contribution in [1.82, 2.24) is 24.9 Å². The topological polar surface area (TPSA) is 72.9 Å². The summed E-state index contributed by atoms with van der Waals surface area (Å²) in [4.78, 5) is 34.7. The van der Waals surface area contributed by atoms with Gasteiger partial charge in [0.1, 0.15) is 6.54 Å². The first kappa shape index (κ1) is 28.5. The average molecular weight is 549 g/mol. The van der Waals surface area contributed by atoms with Gasteiger partial charge in [0, 0.05) is 50.4 Å². The summed E-state index contributed by atoms with van der Waals surface area (Å²) in [5, 5.41) is 9.49. The number of likely N-dealkylation sites (N-methyl/N-ethyl adjacent to an activating group) is 1. The van der Waals surface area contributed by atoms with E-state index in [0.717, 1.165) is 49.7 Å². The number of carbonyl (C=O) groups is 2.